The number of alkyl halides is 3. The molecule has 0 atom stereocenters. The van der Waals surface area contributed by atoms with Crippen molar-refractivity contribution in [2.24, 2.45) is 0 Å². The van der Waals surface area contributed by atoms with Crippen molar-refractivity contribution in [2.45, 2.75) is 25.9 Å². The van der Waals surface area contributed by atoms with Crippen LogP contribution in [0.15, 0.2) is 24.3 Å². The highest BCUT2D eigenvalue weighted by atomic mass is 19.4. The van der Waals surface area contributed by atoms with Gasteiger partial charge in [-0.25, -0.2) is 0 Å². The zero-order valence-corrected chi connectivity index (χ0v) is 10.4. The molecule has 0 fully saturated rings. The van der Waals surface area contributed by atoms with E-state index >= 15 is 0 Å². The van der Waals surface area contributed by atoms with Crippen LogP contribution in [-0.2, 0) is 17.6 Å². The Morgan fingerprint density at radius 1 is 1.17 bits per heavy atom. The molecule has 0 unspecified atom stereocenters. The van der Waals surface area contributed by atoms with Crippen molar-refractivity contribution in [1.29, 1.82) is 0 Å². The van der Waals surface area contributed by atoms with Crippen molar-refractivity contribution in [1.82, 2.24) is 4.90 Å². The minimum atomic E-state index is -4.79. The lowest BCUT2D eigenvalue weighted by atomic mass is 10.1. The van der Waals surface area contributed by atoms with Crippen LogP contribution in [0.1, 0.15) is 18.1 Å². The number of amides is 1. The largest absolute Gasteiger partial charge is 0.471 e. The lowest BCUT2D eigenvalue weighted by Gasteiger charge is -2.18. The molecule has 0 aliphatic rings. The SMILES string of the molecule is CCc1ccc(CCN(C)C(=O)C(F)(F)F)cc1. The van der Waals surface area contributed by atoms with Gasteiger partial charge in [-0.2, -0.15) is 13.2 Å². The van der Waals surface area contributed by atoms with E-state index in [1.807, 2.05) is 31.2 Å². The van der Waals surface area contributed by atoms with Crippen molar-refractivity contribution in [3.63, 3.8) is 0 Å². The summed E-state index contributed by atoms with van der Waals surface area (Å²) in [5.74, 6) is -1.80. The molecule has 0 aliphatic heterocycles. The molecule has 0 saturated carbocycles. The first kappa shape index (κ1) is 14.5. The quantitative estimate of drug-likeness (QED) is 0.814. The molecule has 0 aromatic heterocycles. The first-order valence-electron chi connectivity index (χ1n) is 5.74. The van der Waals surface area contributed by atoms with Crippen molar-refractivity contribution < 1.29 is 18.0 Å². The number of halogens is 3. The van der Waals surface area contributed by atoms with Crippen LogP contribution in [0, 0.1) is 0 Å². The number of likely N-dealkylation sites (N-methyl/N-ethyl adjacent to an activating group) is 1. The van der Waals surface area contributed by atoms with E-state index in [-0.39, 0.29) is 6.54 Å². The van der Waals surface area contributed by atoms with E-state index in [0.717, 1.165) is 19.0 Å². The third-order valence-electron chi connectivity index (χ3n) is 2.76. The summed E-state index contributed by atoms with van der Waals surface area (Å²) in [6.07, 6.45) is -3.45. The summed E-state index contributed by atoms with van der Waals surface area (Å²) >= 11 is 0. The molecule has 100 valence electrons. The van der Waals surface area contributed by atoms with E-state index in [1.165, 1.54) is 5.56 Å². The first-order valence-corrected chi connectivity index (χ1v) is 5.74. The number of rotatable bonds is 4. The molecule has 18 heavy (non-hydrogen) atoms. The van der Waals surface area contributed by atoms with Crippen LogP contribution >= 0.6 is 0 Å². The topological polar surface area (TPSA) is 20.3 Å². The maximum atomic E-state index is 12.1. The number of hydrogen-bond acceptors (Lipinski definition) is 1. The highest BCUT2D eigenvalue weighted by Crippen LogP contribution is 2.17. The van der Waals surface area contributed by atoms with Gasteiger partial charge in [-0.15, -0.1) is 0 Å². The van der Waals surface area contributed by atoms with Crippen molar-refractivity contribution in [3.05, 3.63) is 35.4 Å². The normalized spacial score (nSPS) is 11.4. The van der Waals surface area contributed by atoms with Crippen LogP contribution in [0.4, 0.5) is 13.2 Å². The number of benzene rings is 1. The zero-order chi connectivity index (χ0) is 13.8. The molecule has 0 radical (unpaired) electrons. The molecule has 1 rings (SSSR count). The maximum absolute atomic E-state index is 12.1. The second-order valence-corrected chi connectivity index (χ2v) is 4.14. The Morgan fingerprint density at radius 3 is 2.11 bits per heavy atom. The van der Waals surface area contributed by atoms with E-state index in [4.69, 9.17) is 0 Å². The predicted octanol–water partition coefficient (Wildman–Crippen LogP) is 2.81. The third kappa shape index (κ3) is 4.05. The Morgan fingerprint density at radius 2 is 1.67 bits per heavy atom. The summed E-state index contributed by atoms with van der Waals surface area (Å²) in [5, 5.41) is 0. The van der Waals surface area contributed by atoms with Gasteiger partial charge in [0.25, 0.3) is 0 Å². The minimum absolute atomic E-state index is 0.0593. The average Bonchev–Trinajstić information content (AvgIpc) is 2.34. The summed E-state index contributed by atoms with van der Waals surface area (Å²) in [4.78, 5) is 11.6. The number of nitrogens with zero attached hydrogens (tertiary/aromatic N) is 1. The monoisotopic (exact) mass is 259 g/mol. The third-order valence-corrected chi connectivity index (χ3v) is 2.76. The summed E-state index contributed by atoms with van der Waals surface area (Å²) in [5.41, 5.74) is 2.10. The van der Waals surface area contributed by atoms with E-state index in [1.54, 1.807) is 0 Å². The van der Waals surface area contributed by atoms with Gasteiger partial charge >= 0.3 is 12.1 Å². The molecule has 1 aromatic carbocycles. The van der Waals surface area contributed by atoms with Gasteiger partial charge in [0.05, 0.1) is 0 Å². The van der Waals surface area contributed by atoms with Crippen LogP contribution in [0.25, 0.3) is 0 Å². The predicted molar refractivity (Wildman–Crippen MR) is 63.2 cm³/mol. The van der Waals surface area contributed by atoms with Crippen LogP contribution in [0.5, 0.6) is 0 Å². The van der Waals surface area contributed by atoms with E-state index < -0.39 is 12.1 Å². The summed E-state index contributed by atoms with van der Waals surface area (Å²) in [6.45, 7) is 2.09. The van der Waals surface area contributed by atoms with Gasteiger partial charge in [-0.05, 0) is 24.0 Å². The molecule has 0 spiro atoms. The molecule has 5 heteroatoms. The fourth-order valence-electron chi connectivity index (χ4n) is 1.56. The Kier molecular flexibility index (Phi) is 4.76. The molecule has 0 saturated heterocycles. The fourth-order valence-corrected chi connectivity index (χ4v) is 1.56. The van der Waals surface area contributed by atoms with Gasteiger partial charge in [0, 0.05) is 13.6 Å². The van der Waals surface area contributed by atoms with Gasteiger partial charge < -0.3 is 4.90 Å². The van der Waals surface area contributed by atoms with Gasteiger partial charge in [0.1, 0.15) is 0 Å². The molecular formula is C13H16F3NO. The van der Waals surface area contributed by atoms with E-state index in [9.17, 15) is 18.0 Å². The van der Waals surface area contributed by atoms with Crippen molar-refractivity contribution in [2.75, 3.05) is 13.6 Å². The van der Waals surface area contributed by atoms with Crippen LogP contribution < -0.4 is 0 Å². The lowest BCUT2D eigenvalue weighted by Crippen LogP contribution is -2.39. The number of hydrogen-bond donors (Lipinski definition) is 0. The number of aryl methyl sites for hydroxylation is 1. The average molecular weight is 259 g/mol. The standard InChI is InChI=1S/C13H16F3NO/c1-3-10-4-6-11(7-5-10)8-9-17(2)12(18)13(14,15)16/h4-7H,3,8-9H2,1-2H3. The smallest absolute Gasteiger partial charge is 0.338 e. The summed E-state index contributed by atoms with van der Waals surface area (Å²) in [7, 11) is 1.16. The molecule has 1 amide bonds. The summed E-state index contributed by atoms with van der Waals surface area (Å²) in [6, 6.07) is 7.65. The highest BCUT2D eigenvalue weighted by Gasteiger charge is 2.40. The van der Waals surface area contributed by atoms with Gasteiger partial charge in [-0.3, -0.25) is 4.79 Å². The molecule has 1 aromatic rings. The first-order chi connectivity index (χ1) is 8.34. The Balaban J connectivity index is 2.52. The number of carbonyl (C=O) groups excluding carboxylic acids is 1. The number of carbonyl (C=O) groups is 1. The van der Waals surface area contributed by atoms with Gasteiger partial charge in [-0.1, -0.05) is 31.2 Å². The van der Waals surface area contributed by atoms with Crippen LogP contribution in [0.3, 0.4) is 0 Å². The molecular weight excluding hydrogens is 243 g/mol. The van der Waals surface area contributed by atoms with E-state index in [2.05, 4.69) is 0 Å². The molecule has 0 heterocycles. The molecule has 0 N–H and O–H groups in total. The Bertz CT molecular complexity index is 398. The van der Waals surface area contributed by atoms with Crippen LogP contribution in [0.2, 0.25) is 0 Å². The summed E-state index contributed by atoms with van der Waals surface area (Å²) < 4.78 is 36.4. The molecule has 2 nitrogen and oxygen atoms in total. The van der Waals surface area contributed by atoms with Crippen molar-refractivity contribution >= 4 is 5.91 Å². The molecule has 0 aliphatic carbocycles. The minimum Gasteiger partial charge on any atom is -0.338 e. The fraction of sp³-hybridized carbons (Fsp3) is 0.462. The highest BCUT2D eigenvalue weighted by molar-refractivity contribution is 5.81. The Hall–Kier alpha value is -1.52. The lowest BCUT2D eigenvalue weighted by molar-refractivity contribution is -0.184. The Labute approximate surface area is 104 Å². The van der Waals surface area contributed by atoms with Gasteiger partial charge in [0.15, 0.2) is 0 Å². The zero-order valence-electron chi connectivity index (χ0n) is 10.4. The van der Waals surface area contributed by atoms with Crippen molar-refractivity contribution in [3.8, 4) is 0 Å². The van der Waals surface area contributed by atoms with Gasteiger partial charge in [0.2, 0.25) is 0 Å². The second kappa shape index (κ2) is 5.89. The second-order valence-electron chi connectivity index (χ2n) is 4.14. The molecule has 0 bridgehead atoms. The maximum Gasteiger partial charge on any atom is 0.471 e. The van der Waals surface area contributed by atoms with Crippen LogP contribution in [-0.4, -0.2) is 30.6 Å². The van der Waals surface area contributed by atoms with E-state index in [0.29, 0.717) is 11.3 Å².